The molecule has 0 aliphatic carbocycles. The summed E-state index contributed by atoms with van der Waals surface area (Å²) in [5, 5.41) is 3.35. The van der Waals surface area contributed by atoms with E-state index in [9.17, 15) is 18.0 Å². The smallest absolute Gasteiger partial charge is 0.379 e. The van der Waals surface area contributed by atoms with Gasteiger partial charge in [0.1, 0.15) is 0 Å². The highest BCUT2D eigenvalue weighted by atomic mass is 19.4. The lowest BCUT2D eigenvalue weighted by molar-refractivity contribution is -0.159. The fraction of sp³-hybridized carbons (Fsp3) is 0.438. The van der Waals surface area contributed by atoms with Gasteiger partial charge in [0.25, 0.3) is 5.91 Å². The average molecular weight is 368 g/mol. The highest BCUT2D eigenvalue weighted by molar-refractivity contribution is 5.99. The molecular formula is C16H15F3N4O3. The molecule has 0 unspecified atom stereocenters. The van der Waals surface area contributed by atoms with Crippen LogP contribution in [0.4, 0.5) is 13.2 Å². The van der Waals surface area contributed by atoms with Crippen LogP contribution < -0.4 is 5.73 Å². The first kappa shape index (κ1) is 17.0. The lowest BCUT2D eigenvalue weighted by atomic mass is 10.0. The first-order valence-electron chi connectivity index (χ1n) is 8.03. The monoisotopic (exact) mass is 368 g/mol. The average Bonchev–Trinajstić information content (AvgIpc) is 3.21. The van der Waals surface area contributed by atoms with E-state index in [-0.39, 0.29) is 29.4 Å². The molecule has 2 aliphatic heterocycles. The topological polar surface area (TPSA) is 94.5 Å². The third-order valence-corrected chi connectivity index (χ3v) is 4.65. The predicted molar refractivity (Wildman–Crippen MR) is 81.8 cm³/mol. The van der Waals surface area contributed by atoms with Crippen LogP contribution in [-0.2, 0) is 17.5 Å². The number of alkyl halides is 3. The number of nitrogens with two attached hydrogens (primary N) is 1. The van der Waals surface area contributed by atoms with Gasteiger partial charge < -0.3 is 19.9 Å². The summed E-state index contributed by atoms with van der Waals surface area (Å²) in [7, 11) is 0. The van der Waals surface area contributed by atoms with E-state index in [1.165, 1.54) is 6.07 Å². The van der Waals surface area contributed by atoms with Gasteiger partial charge in [-0.1, -0.05) is 17.3 Å². The van der Waals surface area contributed by atoms with Crippen molar-refractivity contribution >= 4 is 5.91 Å². The number of hydrogen-bond acceptors (Lipinski definition) is 6. The van der Waals surface area contributed by atoms with Crippen LogP contribution in [0.2, 0.25) is 0 Å². The molecule has 4 rings (SSSR count). The molecule has 1 fully saturated rings. The molecule has 2 aliphatic rings. The van der Waals surface area contributed by atoms with Crippen LogP contribution in [0.5, 0.6) is 0 Å². The Morgan fingerprint density at radius 1 is 1.31 bits per heavy atom. The Kier molecular flexibility index (Phi) is 3.96. The number of benzene rings is 1. The van der Waals surface area contributed by atoms with Crippen LogP contribution in [-0.4, -0.2) is 46.2 Å². The molecule has 0 radical (unpaired) electrons. The van der Waals surface area contributed by atoms with Gasteiger partial charge >= 0.3 is 12.1 Å². The van der Waals surface area contributed by atoms with Gasteiger partial charge in [-0.2, -0.15) is 18.2 Å². The first-order valence-corrected chi connectivity index (χ1v) is 8.03. The number of amides is 1. The molecule has 0 bridgehead atoms. The predicted octanol–water partition coefficient (Wildman–Crippen LogP) is 1.83. The Balaban J connectivity index is 1.61. The van der Waals surface area contributed by atoms with Crippen molar-refractivity contribution in [2.24, 2.45) is 5.73 Å². The number of rotatable bonds is 2. The van der Waals surface area contributed by atoms with Gasteiger partial charge in [0, 0.05) is 30.3 Å². The lowest BCUT2D eigenvalue weighted by Gasteiger charge is -2.35. The number of hydrogen-bond donors (Lipinski definition) is 1. The summed E-state index contributed by atoms with van der Waals surface area (Å²) in [5.74, 6) is -1.87. The minimum atomic E-state index is -4.72. The molecule has 0 spiro atoms. The molecule has 26 heavy (non-hydrogen) atoms. The Morgan fingerprint density at radius 2 is 2.12 bits per heavy atom. The number of ether oxygens (including phenoxy) is 1. The highest BCUT2D eigenvalue weighted by Gasteiger charge is 2.39. The summed E-state index contributed by atoms with van der Waals surface area (Å²) >= 11 is 0. The van der Waals surface area contributed by atoms with Crippen LogP contribution in [0.1, 0.15) is 28.2 Å². The Hall–Kier alpha value is -2.46. The maximum absolute atomic E-state index is 12.8. The zero-order valence-corrected chi connectivity index (χ0v) is 13.5. The van der Waals surface area contributed by atoms with Crippen molar-refractivity contribution in [1.29, 1.82) is 0 Å². The molecular weight excluding hydrogens is 353 g/mol. The summed E-state index contributed by atoms with van der Waals surface area (Å²) in [5.41, 5.74) is 7.56. The number of halogens is 3. The molecule has 1 aromatic heterocycles. The van der Waals surface area contributed by atoms with E-state index in [1.54, 1.807) is 17.0 Å². The fourth-order valence-corrected chi connectivity index (χ4v) is 3.25. The molecule has 1 amide bonds. The maximum atomic E-state index is 12.8. The number of carbonyl (C=O) groups excluding carboxylic acids is 1. The molecule has 1 saturated heterocycles. The van der Waals surface area contributed by atoms with Gasteiger partial charge in [0.05, 0.1) is 12.6 Å². The molecule has 138 valence electrons. The quantitative estimate of drug-likeness (QED) is 0.869. The number of fused-ring (bicyclic) bond motifs is 1. The third-order valence-electron chi connectivity index (χ3n) is 4.65. The third kappa shape index (κ3) is 2.84. The fourth-order valence-electron chi connectivity index (χ4n) is 3.25. The van der Waals surface area contributed by atoms with E-state index in [2.05, 4.69) is 14.7 Å². The number of aromatic nitrogens is 2. The molecule has 1 aromatic carbocycles. The van der Waals surface area contributed by atoms with Crippen LogP contribution in [0, 0.1) is 0 Å². The standard InChI is InChI=1S/C16H15F3N4O3/c17-16(18,19)15-21-13(22-26-15)8-1-2-9-6-23(14(24)10(9)5-8)12-7-25-4-3-11(12)20/h1-2,5,11-12H,3-4,6-7,20H2/t11-,12-/m1/s1. The van der Waals surface area contributed by atoms with E-state index in [0.29, 0.717) is 31.7 Å². The van der Waals surface area contributed by atoms with Gasteiger partial charge in [0.2, 0.25) is 5.82 Å². The molecule has 7 nitrogen and oxygen atoms in total. The first-order chi connectivity index (χ1) is 12.3. The van der Waals surface area contributed by atoms with Gasteiger partial charge in [-0.25, -0.2) is 0 Å². The summed E-state index contributed by atoms with van der Waals surface area (Å²) < 4.78 is 47.5. The van der Waals surface area contributed by atoms with Crippen LogP contribution in [0.15, 0.2) is 22.7 Å². The summed E-state index contributed by atoms with van der Waals surface area (Å²) in [6.07, 6.45) is -4.05. The van der Waals surface area contributed by atoms with Crippen LogP contribution in [0.25, 0.3) is 11.4 Å². The minimum absolute atomic E-state index is 0.173. The number of carbonyl (C=O) groups is 1. The van der Waals surface area contributed by atoms with Crippen molar-refractivity contribution < 1.29 is 27.2 Å². The summed E-state index contributed by atoms with van der Waals surface area (Å²) in [4.78, 5) is 17.8. The van der Waals surface area contributed by atoms with Gasteiger partial charge in [0.15, 0.2) is 0 Å². The Bertz CT molecular complexity index is 852. The number of nitrogens with zero attached hydrogens (tertiary/aromatic N) is 3. The van der Waals surface area contributed by atoms with Crippen molar-refractivity contribution in [3.63, 3.8) is 0 Å². The molecule has 2 aromatic rings. The van der Waals surface area contributed by atoms with E-state index in [0.717, 1.165) is 5.56 Å². The van der Waals surface area contributed by atoms with E-state index in [1.807, 2.05) is 0 Å². The van der Waals surface area contributed by atoms with Gasteiger partial charge in [-0.15, -0.1) is 0 Å². The van der Waals surface area contributed by atoms with Crippen molar-refractivity contribution in [1.82, 2.24) is 15.0 Å². The highest BCUT2D eigenvalue weighted by Crippen LogP contribution is 2.32. The Morgan fingerprint density at radius 3 is 2.81 bits per heavy atom. The second kappa shape index (κ2) is 6.06. The van der Waals surface area contributed by atoms with Crippen molar-refractivity contribution in [3.8, 4) is 11.4 Å². The molecule has 2 atom stereocenters. The van der Waals surface area contributed by atoms with E-state index < -0.39 is 12.1 Å². The van der Waals surface area contributed by atoms with Crippen molar-refractivity contribution in [2.75, 3.05) is 13.2 Å². The second-order valence-corrected chi connectivity index (χ2v) is 6.32. The molecule has 10 heteroatoms. The van der Waals surface area contributed by atoms with Crippen molar-refractivity contribution in [2.45, 2.75) is 31.2 Å². The normalized spacial score (nSPS) is 23.4. The van der Waals surface area contributed by atoms with Crippen molar-refractivity contribution in [3.05, 3.63) is 35.2 Å². The van der Waals surface area contributed by atoms with E-state index in [4.69, 9.17) is 10.5 Å². The summed E-state index contributed by atoms with van der Waals surface area (Å²) in [6, 6.07) is 4.33. The zero-order valence-electron chi connectivity index (χ0n) is 13.5. The van der Waals surface area contributed by atoms with E-state index >= 15 is 0 Å². The van der Waals surface area contributed by atoms with Crippen LogP contribution in [0.3, 0.4) is 0 Å². The van der Waals surface area contributed by atoms with Gasteiger partial charge in [-0.3, -0.25) is 4.79 Å². The molecule has 2 N–H and O–H groups in total. The molecule has 0 saturated carbocycles. The Labute approximate surface area is 145 Å². The minimum Gasteiger partial charge on any atom is -0.379 e. The summed E-state index contributed by atoms with van der Waals surface area (Å²) in [6.45, 7) is 1.32. The largest absolute Gasteiger partial charge is 0.471 e. The lowest BCUT2D eigenvalue weighted by Crippen LogP contribution is -2.53. The second-order valence-electron chi connectivity index (χ2n) is 6.32. The maximum Gasteiger partial charge on any atom is 0.471 e. The SMILES string of the molecule is N[C@@H]1CCOC[C@H]1N1Cc2ccc(-c3noc(C(F)(F)F)n3)cc2C1=O. The van der Waals surface area contributed by atoms with Gasteiger partial charge in [-0.05, 0) is 18.1 Å². The van der Waals surface area contributed by atoms with Crippen LogP contribution >= 0.6 is 0 Å². The zero-order chi connectivity index (χ0) is 18.5. The molecule has 3 heterocycles.